The highest BCUT2D eigenvalue weighted by Gasteiger charge is 2.20. The van der Waals surface area contributed by atoms with Crippen molar-refractivity contribution in [3.8, 4) is 0 Å². The molecule has 128 valence electrons. The molecule has 2 rings (SSSR count). The second-order valence-electron chi connectivity index (χ2n) is 5.98. The van der Waals surface area contributed by atoms with E-state index in [2.05, 4.69) is 29.6 Å². The van der Waals surface area contributed by atoms with E-state index >= 15 is 0 Å². The summed E-state index contributed by atoms with van der Waals surface area (Å²) >= 11 is 1.71. The highest BCUT2D eigenvalue weighted by atomic mass is 32.2. The molecule has 0 heterocycles. The maximum Gasteiger partial charge on any atom is 0.236 e. The van der Waals surface area contributed by atoms with Gasteiger partial charge in [0.25, 0.3) is 0 Å². The molecule has 1 aromatic rings. The van der Waals surface area contributed by atoms with Crippen LogP contribution in [0.2, 0.25) is 0 Å². The Kier molecular flexibility index (Phi) is 7.92. The first-order valence-electron chi connectivity index (χ1n) is 8.44. The summed E-state index contributed by atoms with van der Waals surface area (Å²) in [6, 6.07) is 8.15. The summed E-state index contributed by atoms with van der Waals surface area (Å²) < 4.78 is 6.03. The van der Waals surface area contributed by atoms with Gasteiger partial charge in [-0.1, -0.05) is 24.3 Å². The predicted octanol–water partition coefficient (Wildman–Crippen LogP) is 2.67. The fourth-order valence-electron chi connectivity index (χ4n) is 2.90. The smallest absolute Gasteiger partial charge is 0.236 e. The topological polar surface area (TPSA) is 64.4 Å². The first kappa shape index (κ1) is 18.3. The van der Waals surface area contributed by atoms with Gasteiger partial charge in [0.05, 0.1) is 12.1 Å². The molecule has 0 fully saturated rings. The molecule has 1 amide bonds. The number of aryl methyl sites for hydroxylation is 1. The van der Waals surface area contributed by atoms with Crippen molar-refractivity contribution in [2.24, 2.45) is 5.73 Å². The van der Waals surface area contributed by atoms with Crippen LogP contribution in [0.25, 0.3) is 0 Å². The minimum Gasteiger partial charge on any atom is -0.373 e. The lowest BCUT2D eigenvalue weighted by Gasteiger charge is -2.25. The molecule has 2 atom stereocenters. The molecule has 1 aliphatic carbocycles. The van der Waals surface area contributed by atoms with E-state index in [0.717, 1.165) is 31.4 Å². The van der Waals surface area contributed by atoms with E-state index in [-0.39, 0.29) is 12.0 Å². The number of hydrogen-bond acceptors (Lipinski definition) is 4. The number of thioether (sulfide) groups is 1. The van der Waals surface area contributed by atoms with Crippen LogP contribution >= 0.6 is 11.8 Å². The molecule has 4 nitrogen and oxygen atoms in total. The van der Waals surface area contributed by atoms with E-state index in [9.17, 15) is 4.79 Å². The van der Waals surface area contributed by atoms with Crippen molar-refractivity contribution in [1.82, 2.24) is 5.32 Å². The fraction of sp³-hybridized carbons (Fsp3) is 0.611. The third-order valence-electron chi connectivity index (χ3n) is 4.22. The lowest BCUT2D eigenvalue weighted by atomic mass is 9.89. The molecule has 3 N–H and O–H groups in total. The normalized spacial score (nSPS) is 18.3. The third kappa shape index (κ3) is 5.83. The van der Waals surface area contributed by atoms with Crippen LogP contribution in [0.5, 0.6) is 0 Å². The molecule has 5 heteroatoms. The van der Waals surface area contributed by atoms with E-state index < -0.39 is 6.04 Å². The molecular formula is C18H28N2O2S. The zero-order chi connectivity index (χ0) is 16.5. The lowest BCUT2D eigenvalue weighted by molar-refractivity contribution is -0.122. The van der Waals surface area contributed by atoms with Crippen LogP contribution in [-0.4, -0.2) is 37.1 Å². The summed E-state index contributed by atoms with van der Waals surface area (Å²) in [4.78, 5) is 11.8. The van der Waals surface area contributed by atoms with Gasteiger partial charge in [-0.2, -0.15) is 11.8 Å². The molecular weight excluding hydrogens is 308 g/mol. The summed E-state index contributed by atoms with van der Waals surface area (Å²) in [6.07, 6.45) is 7.19. The molecule has 0 radical (unpaired) electrons. The monoisotopic (exact) mass is 336 g/mol. The van der Waals surface area contributed by atoms with Gasteiger partial charge in [0, 0.05) is 13.2 Å². The Hall–Kier alpha value is -1.04. The highest BCUT2D eigenvalue weighted by Crippen LogP contribution is 2.32. The molecule has 0 spiro atoms. The number of nitrogens with one attached hydrogen (secondary N) is 1. The minimum absolute atomic E-state index is 0.0536. The van der Waals surface area contributed by atoms with E-state index in [1.54, 1.807) is 11.8 Å². The van der Waals surface area contributed by atoms with Crippen LogP contribution in [0, 0.1) is 0 Å². The third-order valence-corrected chi connectivity index (χ3v) is 4.87. The summed E-state index contributed by atoms with van der Waals surface area (Å²) in [6.45, 7) is 1.29. The summed E-state index contributed by atoms with van der Waals surface area (Å²) in [5.74, 6) is 0.862. The van der Waals surface area contributed by atoms with Crippen LogP contribution in [0.4, 0.5) is 0 Å². The first-order valence-corrected chi connectivity index (χ1v) is 9.83. The van der Waals surface area contributed by atoms with Crippen LogP contribution in [0.15, 0.2) is 24.3 Å². The van der Waals surface area contributed by atoms with Crippen molar-refractivity contribution < 1.29 is 9.53 Å². The standard InChI is InChI=1S/C18H28N2O2S/c1-23-13-10-16(19)18(21)20-11-5-12-22-17-9-4-7-14-6-2-3-8-15(14)17/h2-3,6,8,16-17H,4-5,7,9-13,19H2,1H3,(H,20,21)/t16-,17?/m0/s1. The average molecular weight is 337 g/mol. The van der Waals surface area contributed by atoms with Gasteiger partial charge in [0.15, 0.2) is 0 Å². The molecule has 23 heavy (non-hydrogen) atoms. The number of fused-ring (bicyclic) bond motifs is 1. The van der Waals surface area contributed by atoms with Gasteiger partial charge in [-0.05, 0) is 55.2 Å². The Balaban J connectivity index is 1.64. The zero-order valence-corrected chi connectivity index (χ0v) is 14.7. The van der Waals surface area contributed by atoms with Crippen LogP contribution in [-0.2, 0) is 16.0 Å². The average Bonchev–Trinajstić information content (AvgIpc) is 2.59. The molecule has 0 bridgehead atoms. The zero-order valence-electron chi connectivity index (χ0n) is 13.9. The SMILES string of the molecule is CSCC[C@H](N)C(=O)NCCCOC1CCCc2ccccc21. The first-order chi connectivity index (χ1) is 11.2. The number of hydrogen-bond donors (Lipinski definition) is 2. The van der Waals surface area contributed by atoms with Crippen molar-refractivity contribution >= 4 is 17.7 Å². The predicted molar refractivity (Wildman–Crippen MR) is 96.7 cm³/mol. The van der Waals surface area contributed by atoms with Gasteiger partial charge in [0.1, 0.15) is 0 Å². The molecule has 0 saturated heterocycles. The van der Waals surface area contributed by atoms with Crippen LogP contribution in [0.1, 0.15) is 42.9 Å². The molecule has 1 aliphatic rings. The Morgan fingerprint density at radius 2 is 2.30 bits per heavy atom. The molecule has 0 aromatic heterocycles. The van der Waals surface area contributed by atoms with Crippen LogP contribution < -0.4 is 11.1 Å². The van der Waals surface area contributed by atoms with Crippen molar-refractivity contribution in [3.05, 3.63) is 35.4 Å². The number of amides is 1. The molecule has 1 unspecified atom stereocenters. The minimum atomic E-state index is -0.395. The molecule has 0 saturated carbocycles. The Bertz CT molecular complexity index is 496. The Labute approximate surface area is 143 Å². The number of benzene rings is 1. The maximum absolute atomic E-state index is 11.8. The number of nitrogens with two attached hydrogens (primary N) is 1. The summed E-state index contributed by atoms with van der Waals surface area (Å²) in [5.41, 5.74) is 8.58. The second-order valence-corrected chi connectivity index (χ2v) is 6.97. The second kappa shape index (κ2) is 9.96. The number of ether oxygens (including phenoxy) is 1. The van der Waals surface area contributed by atoms with E-state index in [4.69, 9.17) is 10.5 Å². The van der Waals surface area contributed by atoms with Gasteiger partial charge in [0.2, 0.25) is 5.91 Å². The van der Waals surface area contributed by atoms with E-state index in [1.165, 1.54) is 17.5 Å². The van der Waals surface area contributed by atoms with Crippen molar-refractivity contribution in [2.75, 3.05) is 25.2 Å². The van der Waals surface area contributed by atoms with Gasteiger partial charge >= 0.3 is 0 Å². The highest BCUT2D eigenvalue weighted by molar-refractivity contribution is 7.98. The number of rotatable bonds is 9. The Morgan fingerprint density at radius 1 is 1.48 bits per heavy atom. The van der Waals surface area contributed by atoms with Crippen molar-refractivity contribution in [3.63, 3.8) is 0 Å². The van der Waals surface area contributed by atoms with E-state index in [0.29, 0.717) is 13.2 Å². The fourth-order valence-corrected chi connectivity index (χ4v) is 3.39. The quantitative estimate of drug-likeness (QED) is 0.681. The molecule has 0 aliphatic heterocycles. The largest absolute Gasteiger partial charge is 0.373 e. The Morgan fingerprint density at radius 3 is 3.13 bits per heavy atom. The van der Waals surface area contributed by atoms with Gasteiger partial charge in [-0.3, -0.25) is 4.79 Å². The van der Waals surface area contributed by atoms with Crippen molar-refractivity contribution in [1.29, 1.82) is 0 Å². The number of carbonyl (C=O) groups is 1. The maximum atomic E-state index is 11.8. The van der Waals surface area contributed by atoms with Crippen LogP contribution in [0.3, 0.4) is 0 Å². The van der Waals surface area contributed by atoms with Gasteiger partial charge < -0.3 is 15.8 Å². The van der Waals surface area contributed by atoms with E-state index in [1.807, 2.05) is 6.26 Å². The lowest BCUT2D eigenvalue weighted by Crippen LogP contribution is -2.41. The van der Waals surface area contributed by atoms with Crippen molar-refractivity contribution in [2.45, 2.75) is 44.2 Å². The molecule has 1 aromatic carbocycles. The summed E-state index contributed by atoms with van der Waals surface area (Å²) in [5, 5.41) is 2.90. The number of carbonyl (C=O) groups excluding carboxylic acids is 1. The van der Waals surface area contributed by atoms with Gasteiger partial charge in [-0.15, -0.1) is 0 Å². The summed E-state index contributed by atoms with van der Waals surface area (Å²) in [7, 11) is 0. The van der Waals surface area contributed by atoms with Gasteiger partial charge in [-0.25, -0.2) is 0 Å².